The Kier molecular flexibility index (Phi) is 6.24. The SMILES string of the molecule is CC.CC1=CC=CCC=C1Br. The molecule has 0 aromatic heterocycles. The van der Waals surface area contributed by atoms with E-state index in [1.807, 2.05) is 13.8 Å². The molecule has 0 fully saturated rings. The Morgan fingerprint density at radius 1 is 1.36 bits per heavy atom. The summed E-state index contributed by atoms with van der Waals surface area (Å²) >= 11 is 3.46. The second-order valence-electron chi connectivity index (χ2n) is 2.07. The second kappa shape index (κ2) is 6.41. The number of hydrogen-bond acceptors (Lipinski definition) is 0. The van der Waals surface area contributed by atoms with E-state index in [9.17, 15) is 0 Å². The fourth-order valence-electron chi connectivity index (χ4n) is 0.703. The predicted octanol–water partition coefficient (Wildman–Crippen LogP) is 4.20. The summed E-state index contributed by atoms with van der Waals surface area (Å²) in [4.78, 5) is 0. The highest BCUT2D eigenvalue weighted by Crippen LogP contribution is 2.19. The first-order valence-electron chi connectivity index (χ1n) is 4.00. The molecule has 0 aliphatic heterocycles. The van der Waals surface area contributed by atoms with E-state index in [0.717, 1.165) is 6.42 Å². The molecule has 11 heavy (non-hydrogen) atoms. The highest BCUT2D eigenvalue weighted by molar-refractivity contribution is 9.12. The van der Waals surface area contributed by atoms with E-state index in [0.29, 0.717) is 0 Å². The van der Waals surface area contributed by atoms with Crippen LogP contribution in [-0.4, -0.2) is 0 Å². The molecule has 62 valence electrons. The summed E-state index contributed by atoms with van der Waals surface area (Å²) in [6, 6.07) is 0. The van der Waals surface area contributed by atoms with Crippen molar-refractivity contribution >= 4 is 15.9 Å². The zero-order chi connectivity index (χ0) is 8.69. The van der Waals surface area contributed by atoms with Crippen LogP contribution in [0.25, 0.3) is 0 Å². The minimum absolute atomic E-state index is 1.04. The van der Waals surface area contributed by atoms with Crippen LogP contribution in [0, 0.1) is 0 Å². The van der Waals surface area contributed by atoms with Crippen molar-refractivity contribution < 1.29 is 0 Å². The molecule has 0 N–H and O–H groups in total. The lowest BCUT2D eigenvalue weighted by atomic mass is 10.3. The minimum Gasteiger partial charge on any atom is -0.0807 e. The Bertz CT molecular complexity index is 185. The van der Waals surface area contributed by atoms with Gasteiger partial charge in [0.2, 0.25) is 0 Å². The molecule has 0 heterocycles. The van der Waals surface area contributed by atoms with Gasteiger partial charge in [0, 0.05) is 4.48 Å². The lowest BCUT2D eigenvalue weighted by Gasteiger charge is -1.92. The molecule has 0 spiro atoms. The van der Waals surface area contributed by atoms with E-state index in [1.165, 1.54) is 10.1 Å². The molecular formula is C10H15Br. The fourth-order valence-corrected chi connectivity index (χ4v) is 1.02. The van der Waals surface area contributed by atoms with E-state index in [2.05, 4.69) is 47.2 Å². The quantitative estimate of drug-likeness (QED) is 0.568. The van der Waals surface area contributed by atoms with Crippen LogP contribution >= 0.6 is 15.9 Å². The molecule has 0 amide bonds. The third-order valence-electron chi connectivity index (χ3n) is 1.29. The van der Waals surface area contributed by atoms with Gasteiger partial charge in [-0.05, 0) is 18.9 Å². The Labute approximate surface area is 77.8 Å². The van der Waals surface area contributed by atoms with E-state index >= 15 is 0 Å². The van der Waals surface area contributed by atoms with Crippen molar-refractivity contribution in [3.8, 4) is 0 Å². The van der Waals surface area contributed by atoms with Gasteiger partial charge in [-0.1, -0.05) is 54.1 Å². The molecule has 0 unspecified atom stereocenters. The predicted molar refractivity (Wildman–Crippen MR) is 55.9 cm³/mol. The standard InChI is InChI=1S/C8H9Br.C2H6/c1-7-5-3-2-4-6-8(7)9;1-2/h2-3,5-6H,4H2,1H3;1-2H3. The molecule has 0 bridgehead atoms. The number of rotatable bonds is 0. The Morgan fingerprint density at radius 3 is 2.64 bits per heavy atom. The van der Waals surface area contributed by atoms with Crippen LogP contribution in [0.2, 0.25) is 0 Å². The first-order valence-corrected chi connectivity index (χ1v) is 4.79. The number of hydrogen-bond donors (Lipinski definition) is 0. The molecule has 0 radical (unpaired) electrons. The van der Waals surface area contributed by atoms with Crippen molar-refractivity contribution in [3.63, 3.8) is 0 Å². The molecule has 1 heteroatoms. The molecule has 0 aromatic rings. The van der Waals surface area contributed by atoms with Crippen LogP contribution in [0.15, 0.2) is 34.4 Å². The van der Waals surface area contributed by atoms with Crippen molar-refractivity contribution in [1.82, 2.24) is 0 Å². The van der Waals surface area contributed by atoms with E-state index < -0.39 is 0 Å². The van der Waals surface area contributed by atoms with Crippen LogP contribution in [0.5, 0.6) is 0 Å². The first kappa shape index (κ1) is 10.7. The zero-order valence-corrected chi connectivity index (χ0v) is 8.98. The Hall–Kier alpha value is -0.300. The summed E-state index contributed by atoms with van der Waals surface area (Å²) < 4.78 is 1.22. The normalized spacial score (nSPS) is 15.6. The molecule has 0 nitrogen and oxygen atoms in total. The average Bonchev–Trinajstić information content (AvgIpc) is 2.22. The lowest BCUT2D eigenvalue weighted by Crippen LogP contribution is -1.70. The maximum Gasteiger partial charge on any atom is 0.0167 e. The molecule has 0 saturated heterocycles. The van der Waals surface area contributed by atoms with E-state index in [1.54, 1.807) is 0 Å². The maximum absolute atomic E-state index is 3.46. The summed E-state index contributed by atoms with van der Waals surface area (Å²) in [6.45, 7) is 6.09. The molecular weight excluding hydrogens is 200 g/mol. The van der Waals surface area contributed by atoms with E-state index in [4.69, 9.17) is 0 Å². The largest absolute Gasteiger partial charge is 0.0807 e. The summed E-state index contributed by atoms with van der Waals surface area (Å²) in [7, 11) is 0. The van der Waals surface area contributed by atoms with Crippen LogP contribution in [0.3, 0.4) is 0 Å². The van der Waals surface area contributed by atoms with Crippen molar-refractivity contribution in [2.24, 2.45) is 0 Å². The van der Waals surface area contributed by atoms with Crippen LogP contribution in [0.4, 0.5) is 0 Å². The zero-order valence-electron chi connectivity index (χ0n) is 7.39. The van der Waals surface area contributed by atoms with E-state index in [-0.39, 0.29) is 0 Å². The van der Waals surface area contributed by atoms with Crippen molar-refractivity contribution in [1.29, 1.82) is 0 Å². The van der Waals surface area contributed by atoms with Gasteiger partial charge in [-0.2, -0.15) is 0 Å². The van der Waals surface area contributed by atoms with Crippen molar-refractivity contribution in [2.75, 3.05) is 0 Å². The summed E-state index contributed by atoms with van der Waals surface area (Å²) in [5.74, 6) is 0. The van der Waals surface area contributed by atoms with Gasteiger partial charge in [0.1, 0.15) is 0 Å². The van der Waals surface area contributed by atoms with Gasteiger partial charge in [0.25, 0.3) is 0 Å². The highest BCUT2D eigenvalue weighted by atomic mass is 79.9. The minimum atomic E-state index is 1.04. The first-order chi connectivity index (χ1) is 5.30. The highest BCUT2D eigenvalue weighted by Gasteiger charge is 1.93. The van der Waals surface area contributed by atoms with Gasteiger partial charge in [-0.15, -0.1) is 0 Å². The smallest absolute Gasteiger partial charge is 0.0167 e. The molecule has 1 rings (SSSR count). The third kappa shape index (κ3) is 4.20. The molecule has 1 aliphatic rings. The van der Waals surface area contributed by atoms with Crippen LogP contribution in [-0.2, 0) is 0 Å². The third-order valence-corrected chi connectivity index (χ3v) is 2.24. The van der Waals surface area contributed by atoms with Crippen LogP contribution < -0.4 is 0 Å². The number of allylic oxidation sites excluding steroid dienone is 6. The summed E-state index contributed by atoms with van der Waals surface area (Å²) in [6.07, 6.45) is 9.52. The molecule has 1 aliphatic carbocycles. The second-order valence-corrected chi connectivity index (χ2v) is 2.92. The fraction of sp³-hybridized carbons (Fsp3) is 0.400. The van der Waals surface area contributed by atoms with Crippen molar-refractivity contribution in [2.45, 2.75) is 27.2 Å². The Balaban J connectivity index is 0.000000461. The summed E-state index contributed by atoms with van der Waals surface area (Å²) in [5.41, 5.74) is 1.30. The summed E-state index contributed by atoms with van der Waals surface area (Å²) in [5, 5.41) is 0. The average molecular weight is 215 g/mol. The topological polar surface area (TPSA) is 0 Å². The maximum atomic E-state index is 3.46. The van der Waals surface area contributed by atoms with Gasteiger partial charge < -0.3 is 0 Å². The van der Waals surface area contributed by atoms with Gasteiger partial charge in [-0.25, -0.2) is 0 Å². The monoisotopic (exact) mass is 214 g/mol. The Morgan fingerprint density at radius 2 is 2.00 bits per heavy atom. The van der Waals surface area contributed by atoms with Gasteiger partial charge in [0.05, 0.1) is 0 Å². The van der Waals surface area contributed by atoms with Gasteiger partial charge >= 0.3 is 0 Å². The molecule has 0 saturated carbocycles. The van der Waals surface area contributed by atoms with Crippen molar-refractivity contribution in [3.05, 3.63) is 34.4 Å². The molecule has 0 aromatic carbocycles. The lowest BCUT2D eigenvalue weighted by molar-refractivity contribution is 1.39. The van der Waals surface area contributed by atoms with Gasteiger partial charge in [0.15, 0.2) is 0 Å². The van der Waals surface area contributed by atoms with Gasteiger partial charge in [-0.3, -0.25) is 0 Å². The van der Waals surface area contributed by atoms with Crippen LogP contribution in [0.1, 0.15) is 27.2 Å². The number of halogens is 1. The molecule has 0 atom stereocenters.